The van der Waals surface area contributed by atoms with Crippen LogP contribution in [0.4, 0.5) is 5.69 Å². The van der Waals surface area contributed by atoms with E-state index in [1.807, 2.05) is 0 Å². The smallest absolute Gasteiger partial charge is 0.328 e. The van der Waals surface area contributed by atoms with Crippen molar-refractivity contribution in [3.63, 3.8) is 0 Å². The molecule has 0 aliphatic carbocycles. The van der Waals surface area contributed by atoms with E-state index in [0.29, 0.717) is 0 Å². The number of amides is 1. The zero-order chi connectivity index (χ0) is 15.3. The van der Waals surface area contributed by atoms with E-state index in [0.717, 1.165) is 6.07 Å². The van der Waals surface area contributed by atoms with Gasteiger partial charge in [0.1, 0.15) is 6.04 Å². The van der Waals surface area contributed by atoms with Crippen molar-refractivity contribution in [2.24, 2.45) is 0 Å². The lowest BCUT2D eigenvalue weighted by Crippen LogP contribution is -2.39. The van der Waals surface area contributed by atoms with Crippen LogP contribution in [0.1, 0.15) is 24.2 Å². The van der Waals surface area contributed by atoms with Crippen LogP contribution in [0.25, 0.3) is 0 Å². The number of nitrogens with one attached hydrogen (secondary N) is 1. The van der Waals surface area contributed by atoms with Crippen LogP contribution in [0.5, 0.6) is 0 Å². The zero-order valence-corrected chi connectivity index (χ0v) is 11.6. The maximum absolute atomic E-state index is 11.9. The minimum atomic E-state index is -0.877. The van der Waals surface area contributed by atoms with Crippen LogP contribution >= 0.6 is 11.6 Å². The van der Waals surface area contributed by atoms with Gasteiger partial charge in [-0.2, -0.15) is 0 Å². The van der Waals surface area contributed by atoms with Crippen molar-refractivity contribution in [3.8, 4) is 0 Å². The maximum atomic E-state index is 11.9. The second kappa shape index (κ2) is 6.85. The first-order valence-electron chi connectivity index (χ1n) is 5.78. The number of halogens is 1. The molecule has 7 nitrogen and oxygen atoms in total. The van der Waals surface area contributed by atoms with E-state index in [1.54, 1.807) is 6.92 Å². The van der Waals surface area contributed by atoms with Gasteiger partial charge in [-0.3, -0.25) is 14.9 Å². The predicted molar refractivity (Wildman–Crippen MR) is 71.7 cm³/mol. The van der Waals surface area contributed by atoms with Crippen LogP contribution < -0.4 is 5.32 Å². The Morgan fingerprint density at radius 2 is 2.15 bits per heavy atom. The number of carbonyl (C=O) groups is 2. The molecule has 8 heteroatoms. The largest absolute Gasteiger partial charge is 0.464 e. The molecule has 1 aromatic carbocycles. The fourth-order valence-corrected chi connectivity index (χ4v) is 1.60. The molecule has 1 rings (SSSR count). The van der Waals surface area contributed by atoms with Crippen molar-refractivity contribution in [3.05, 3.63) is 38.9 Å². The number of nitro benzene ring substituents is 1. The number of nitrogens with zero attached hydrogens (tertiary/aromatic N) is 1. The fourth-order valence-electron chi connectivity index (χ4n) is 1.40. The summed E-state index contributed by atoms with van der Waals surface area (Å²) in [4.78, 5) is 33.3. The quantitative estimate of drug-likeness (QED) is 0.509. The van der Waals surface area contributed by atoms with Crippen LogP contribution in [-0.4, -0.2) is 29.4 Å². The number of hydrogen-bond acceptors (Lipinski definition) is 5. The van der Waals surface area contributed by atoms with E-state index < -0.39 is 22.8 Å². The Labute approximate surface area is 120 Å². The second-order valence-corrected chi connectivity index (χ2v) is 4.28. The van der Waals surface area contributed by atoms with E-state index in [4.69, 9.17) is 16.3 Å². The zero-order valence-electron chi connectivity index (χ0n) is 10.9. The lowest BCUT2D eigenvalue weighted by Gasteiger charge is -2.13. The first kappa shape index (κ1) is 15.9. The topological polar surface area (TPSA) is 98.5 Å². The average molecular weight is 301 g/mol. The molecule has 0 radical (unpaired) electrons. The van der Waals surface area contributed by atoms with Gasteiger partial charge in [0, 0.05) is 12.1 Å². The minimum Gasteiger partial charge on any atom is -0.464 e. The number of ether oxygens (including phenoxy) is 1. The molecule has 1 atom stereocenters. The third-order valence-corrected chi connectivity index (χ3v) is 2.72. The first-order valence-corrected chi connectivity index (χ1v) is 6.16. The number of rotatable bonds is 5. The van der Waals surface area contributed by atoms with Crippen LogP contribution in [0.2, 0.25) is 5.02 Å². The van der Waals surface area contributed by atoms with Crippen LogP contribution in [-0.2, 0) is 9.53 Å². The second-order valence-electron chi connectivity index (χ2n) is 3.87. The van der Waals surface area contributed by atoms with Crippen molar-refractivity contribution in [2.45, 2.75) is 19.9 Å². The molecular formula is C12H13ClN2O5. The summed E-state index contributed by atoms with van der Waals surface area (Å²) in [6.45, 7) is 3.28. The highest BCUT2D eigenvalue weighted by atomic mass is 35.5. The molecule has 0 spiro atoms. The maximum Gasteiger partial charge on any atom is 0.328 e. The third kappa shape index (κ3) is 3.92. The molecule has 1 amide bonds. The molecule has 0 saturated carbocycles. The van der Waals surface area contributed by atoms with E-state index in [9.17, 15) is 19.7 Å². The first-order chi connectivity index (χ1) is 9.36. The van der Waals surface area contributed by atoms with Gasteiger partial charge < -0.3 is 10.1 Å². The lowest BCUT2D eigenvalue weighted by molar-refractivity contribution is -0.384. The van der Waals surface area contributed by atoms with Gasteiger partial charge in [-0.1, -0.05) is 11.6 Å². The lowest BCUT2D eigenvalue weighted by atomic mass is 10.1. The highest BCUT2D eigenvalue weighted by molar-refractivity contribution is 6.34. The fraction of sp³-hybridized carbons (Fsp3) is 0.333. The summed E-state index contributed by atoms with van der Waals surface area (Å²) in [5, 5.41) is 13.1. The molecule has 0 aliphatic heterocycles. The van der Waals surface area contributed by atoms with Crippen molar-refractivity contribution in [2.75, 3.05) is 6.61 Å². The summed E-state index contributed by atoms with van der Waals surface area (Å²) in [6.07, 6.45) is 0. The number of nitro groups is 1. The van der Waals surface area contributed by atoms with E-state index in [1.165, 1.54) is 19.1 Å². The van der Waals surface area contributed by atoms with Crippen molar-refractivity contribution in [1.29, 1.82) is 0 Å². The van der Waals surface area contributed by atoms with Crippen molar-refractivity contribution >= 4 is 29.2 Å². The van der Waals surface area contributed by atoms with Gasteiger partial charge in [0.15, 0.2) is 0 Å². The van der Waals surface area contributed by atoms with Gasteiger partial charge in [0.25, 0.3) is 11.6 Å². The predicted octanol–water partition coefficient (Wildman–Crippen LogP) is 1.93. The van der Waals surface area contributed by atoms with Gasteiger partial charge in [0.2, 0.25) is 0 Å². The van der Waals surface area contributed by atoms with Crippen molar-refractivity contribution < 1.29 is 19.2 Å². The van der Waals surface area contributed by atoms with E-state index in [-0.39, 0.29) is 22.9 Å². The van der Waals surface area contributed by atoms with Gasteiger partial charge >= 0.3 is 5.97 Å². The summed E-state index contributed by atoms with van der Waals surface area (Å²) in [5.74, 6) is -1.28. The van der Waals surface area contributed by atoms with Crippen LogP contribution in [0.15, 0.2) is 18.2 Å². The molecule has 0 fully saturated rings. The molecular weight excluding hydrogens is 288 g/mol. The van der Waals surface area contributed by atoms with E-state index in [2.05, 4.69) is 5.32 Å². The third-order valence-electron chi connectivity index (χ3n) is 2.39. The summed E-state index contributed by atoms with van der Waals surface area (Å²) < 4.78 is 4.74. The Kier molecular flexibility index (Phi) is 5.45. The number of esters is 1. The number of benzene rings is 1. The minimum absolute atomic E-state index is 0.0594. The van der Waals surface area contributed by atoms with Crippen LogP contribution in [0, 0.1) is 10.1 Å². The monoisotopic (exact) mass is 300 g/mol. The number of carbonyl (C=O) groups excluding carboxylic acids is 2. The molecule has 1 aromatic rings. The Bertz CT molecular complexity index is 547. The molecule has 1 unspecified atom stereocenters. The summed E-state index contributed by atoms with van der Waals surface area (Å²) in [5.41, 5.74) is -0.333. The summed E-state index contributed by atoms with van der Waals surface area (Å²) >= 11 is 5.82. The molecule has 0 saturated heterocycles. The average Bonchev–Trinajstić information content (AvgIpc) is 2.38. The Morgan fingerprint density at radius 3 is 2.70 bits per heavy atom. The highest BCUT2D eigenvalue weighted by Crippen LogP contribution is 2.22. The Hall–Kier alpha value is -2.15. The molecule has 0 bridgehead atoms. The summed E-state index contributed by atoms with van der Waals surface area (Å²) in [6, 6.07) is 2.62. The molecule has 0 aliphatic rings. The normalized spacial score (nSPS) is 11.6. The van der Waals surface area contributed by atoms with Gasteiger partial charge in [-0.25, -0.2) is 4.79 Å². The van der Waals surface area contributed by atoms with Crippen LogP contribution in [0.3, 0.4) is 0 Å². The molecule has 0 heterocycles. The summed E-state index contributed by atoms with van der Waals surface area (Å²) in [7, 11) is 0. The van der Waals surface area contributed by atoms with Gasteiger partial charge in [0.05, 0.1) is 22.1 Å². The van der Waals surface area contributed by atoms with Gasteiger partial charge in [-0.15, -0.1) is 0 Å². The molecule has 1 N–H and O–H groups in total. The van der Waals surface area contributed by atoms with E-state index >= 15 is 0 Å². The Morgan fingerprint density at radius 1 is 1.50 bits per heavy atom. The SMILES string of the molecule is CCOC(=O)C(C)NC(=O)c1cc([N+](=O)[O-])ccc1Cl. The Balaban J connectivity index is 2.89. The standard InChI is InChI=1S/C12H13ClN2O5/c1-3-20-12(17)7(2)14-11(16)9-6-8(15(18)19)4-5-10(9)13/h4-7H,3H2,1-2H3,(H,14,16). The highest BCUT2D eigenvalue weighted by Gasteiger charge is 2.21. The molecule has 0 aromatic heterocycles. The van der Waals surface area contributed by atoms with Gasteiger partial charge in [-0.05, 0) is 19.9 Å². The molecule has 20 heavy (non-hydrogen) atoms. The number of non-ortho nitro benzene ring substituents is 1. The number of hydrogen-bond donors (Lipinski definition) is 1. The molecule has 108 valence electrons. The van der Waals surface area contributed by atoms with Crippen molar-refractivity contribution in [1.82, 2.24) is 5.32 Å².